The van der Waals surface area contributed by atoms with Crippen LogP contribution in [-0.2, 0) is 6.42 Å². The number of rotatable bonds is 7. The molecule has 2 aromatic heterocycles. The number of aryl methyl sites for hydroxylation is 4. The Hall–Kier alpha value is 0.459. The van der Waals surface area contributed by atoms with E-state index in [0.717, 1.165) is 0 Å². The number of thiophene rings is 2. The molecule has 0 saturated carbocycles. The number of fused-ring (bicyclic) bond motifs is 1. The Morgan fingerprint density at radius 1 is 0.750 bits per heavy atom. The Balaban J connectivity index is 0.00000200. The molecule has 0 aromatic carbocycles. The van der Waals surface area contributed by atoms with Crippen molar-refractivity contribution >= 4 is 56.0 Å². The van der Waals surface area contributed by atoms with Crippen molar-refractivity contribution in [2.45, 2.75) is 72.6 Å². The molecular formula is C17H26S2Sn. The molecule has 2 aromatic rings. The summed E-state index contributed by atoms with van der Waals surface area (Å²) in [6.07, 6.45) is 9.65. The average molecular weight is 413 g/mol. The van der Waals surface area contributed by atoms with Crippen LogP contribution in [0.4, 0.5) is 0 Å². The standard InChI is InChI=1S/C17H26S2.Sn/c1-5-6-7-8-9-10-11-15-14(4)19-16-12(2)13(3)18-17(15)16;/h5-11H2,1-4H3;. The zero-order valence-corrected chi connectivity index (χ0v) is 17.8. The average Bonchev–Trinajstić information content (AvgIpc) is 2.83. The van der Waals surface area contributed by atoms with Crippen LogP contribution in [0, 0.1) is 20.8 Å². The van der Waals surface area contributed by atoms with E-state index in [1.165, 1.54) is 55.4 Å². The van der Waals surface area contributed by atoms with E-state index in [9.17, 15) is 0 Å². The van der Waals surface area contributed by atoms with Gasteiger partial charge in [0.1, 0.15) is 0 Å². The number of hydrogen-bond acceptors (Lipinski definition) is 2. The predicted octanol–water partition coefficient (Wildman–Crippen LogP) is 6.41. The maximum atomic E-state index is 2.30. The zero-order valence-electron chi connectivity index (χ0n) is 13.3. The van der Waals surface area contributed by atoms with Crippen molar-refractivity contribution in [1.82, 2.24) is 0 Å². The fourth-order valence-electron chi connectivity index (χ4n) is 2.67. The van der Waals surface area contributed by atoms with E-state index in [4.69, 9.17) is 0 Å². The summed E-state index contributed by atoms with van der Waals surface area (Å²) in [6, 6.07) is 0. The van der Waals surface area contributed by atoms with E-state index in [-0.39, 0.29) is 23.9 Å². The van der Waals surface area contributed by atoms with Gasteiger partial charge in [0.15, 0.2) is 0 Å². The molecule has 4 radical (unpaired) electrons. The molecule has 0 unspecified atom stereocenters. The van der Waals surface area contributed by atoms with Crippen LogP contribution in [-0.4, -0.2) is 23.9 Å². The second-order valence-electron chi connectivity index (χ2n) is 5.60. The van der Waals surface area contributed by atoms with Gasteiger partial charge in [-0.05, 0) is 44.7 Å². The van der Waals surface area contributed by atoms with Crippen molar-refractivity contribution < 1.29 is 0 Å². The van der Waals surface area contributed by atoms with Gasteiger partial charge in [0.05, 0.1) is 0 Å². The molecule has 0 aliphatic heterocycles. The molecule has 0 atom stereocenters. The molecule has 0 aliphatic rings. The maximum Gasteiger partial charge on any atom is 0.0490 e. The van der Waals surface area contributed by atoms with Gasteiger partial charge >= 0.3 is 0 Å². The molecular weight excluding hydrogens is 387 g/mol. The summed E-state index contributed by atoms with van der Waals surface area (Å²) in [6.45, 7) is 9.13. The fraction of sp³-hybridized carbons (Fsp3) is 0.647. The third-order valence-corrected chi connectivity index (χ3v) is 6.73. The largest absolute Gasteiger partial charge is 0.139 e. The quantitative estimate of drug-likeness (QED) is 0.364. The molecule has 0 saturated heterocycles. The molecule has 0 aliphatic carbocycles. The van der Waals surface area contributed by atoms with Crippen molar-refractivity contribution in [3.8, 4) is 0 Å². The monoisotopic (exact) mass is 414 g/mol. The minimum Gasteiger partial charge on any atom is -0.139 e. The maximum absolute atomic E-state index is 2.30. The van der Waals surface area contributed by atoms with Crippen LogP contribution in [0.5, 0.6) is 0 Å². The van der Waals surface area contributed by atoms with Crippen molar-refractivity contribution in [3.63, 3.8) is 0 Å². The van der Waals surface area contributed by atoms with Gasteiger partial charge in [0.2, 0.25) is 0 Å². The Labute approximate surface area is 148 Å². The topological polar surface area (TPSA) is 0 Å². The normalized spacial score (nSPS) is 11.0. The van der Waals surface area contributed by atoms with Gasteiger partial charge in [0.25, 0.3) is 0 Å². The van der Waals surface area contributed by atoms with Crippen molar-refractivity contribution in [2.75, 3.05) is 0 Å². The van der Waals surface area contributed by atoms with Gasteiger partial charge in [-0.1, -0.05) is 39.0 Å². The van der Waals surface area contributed by atoms with Gasteiger partial charge in [-0.2, -0.15) is 0 Å². The zero-order chi connectivity index (χ0) is 13.8. The van der Waals surface area contributed by atoms with Crippen molar-refractivity contribution in [3.05, 3.63) is 20.9 Å². The molecule has 0 spiro atoms. The summed E-state index contributed by atoms with van der Waals surface area (Å²) in [5.74, 6) is 0. The molecule has 0 nitrogen and oxygen atoms in total. The molecule has 0 fully saturated rings. The second-order valence-corrected chi connectivity index (χ2v) is 8.05. The first-order chi connectivity index (χ1) is 9.15. The Morgan fingerprint density at radius 3 is 2.05 bits per heavy atom. The molecule has 3 heteroatoms. The first-order valence-corrected chi connectivity index (χ1v) is 9.26. The molecule has 2 heterocycles. The van der Waals surface area contributed by atoms with E-state index >= 15 is 0 Å². The molecule has 2 rings (SSSR count). The molecule has 0 N–H and O–H groups in total. The number of hydrogen-bond donors (Lipinski definition) is 0. The predicted molar refractivity (Wildman–Crippen MR) is 96.7 cm³/mol. The Morgan fingerprint density at radius 2 is 1.35 bits per heavy atom. The fourth-order valence-corrected chi connectivity index (χ4v) is 5.39. The van der Waals surface area contributed by atoms with E-state index in [0.29, 0.717) is 0 Å². The van der Waals surface area contributed by atoms with E-state index in [1.807, 2.05) is 22.7 Å². The summed E-state index contributed by atoms with van der Waals surface area (Å²) in [5.41, 5.74) is 3.17. The summed E-state index contributed by atoms with van der Waals surface area (Å²) in [5, 5.41) is 0. The minimum atomic E-state index is 0. The summed E-state index contributed by atoms with van der Waals surface area (Å²) < 4.78 is 3.15. The Bertz CT molecular complexity index is 537. The van der Waals surface area contributed by atoms with Crippen LogP contribution in [0.1, 0.15) is 66.3 Å². The third-order valence-electron chi connectivity index (χ3n) is 4.06. The van der Waals surface area contributed by atoms with E-state index < -0.39 is 0 Å². The smallest absolute Gasteiger partial charge is 0.0490 e. The van der Waals surface area contributed by atoms with Crippen LogP contribution < -0.4 is 0 Å². The van der Waals surface area contributed by atoms with E-state index in [1.54, 1.807) is 19.8 Å². The summed E-state index contributed by atoms with van der Waals surface area (Å²) in [4.78, 5) is 3.06. The summed E-state index contributed by atoms with van der Waals surface area (Å²) in [7, 11) is 0. The minimum absolute atomic E-state index is 0. The van der Waals surface area contributed by atoms with Gasteiger partial charge < -0.3 is 0 Å². The second kappa shape index (κ2) is 8.79. The third kappa shape index (κ3) is 4.23. The first kappa shape index (κ1) is 18.5. The summed E-state index contributed by atoms with van der Waals surface area (Å²) >= 11 is 4.02. The van der Waals surface area contributed by atoms with Crippen LogP contribution >= 0.6 is 22.7 Å². The van der Waals surface area contributed by atoms with Gasteiger partial charge in [0, 0.05) is 43.1 Å². The van der Waals surface area contributed by atoms with Crippen LogP contribution in [0.25, 0.3) is 9.40 Å². The molecule has 20 heavy (non-hydrogen) atoms. The molecule has 110 valence electrons. The molecule has 0 bridgehead atoms. The van der Waals surface area contributed by atoms with Gasteiger partial charge in [-0.3, -0.25) is 0 Å². The van der Waals surface area contributed by atoms with E-state index in [2.05, 4.69) is 27.7 Å². The van der Waals surface area contributed by atoms with Crippen LogP contribution in [0.15, 0.2) is 0 Å². The SMILES string of the molecule is CCCCCCCCc1c(C)sc2c(C)c(C)sc12.[Sn]. The van der Waals surface area contributed by atoms with Crippen molar-refractivity contribution in [2.24, 2.45) is 0 Å². The molecule has 0 amide bonds. The van der Waals surface area contributed by atoms with Gasteiger partial charge in [-0.25, -0.2) is 0 Å². The first-order valence-electron chi connectivity index (χ1n) is 7.63. The van der Waals surface area contributed by atoms with Crippen LogP contribution in [0.3, 0.4) is 0 Å². The van der Waals surface area contributed by atoms with Crippen molar-refractivity contribution in [1.29, 1.82) is 0 Å². The van der Waals surface area contributed by atoms with Crippen LogP contribution in [0.2, 0.25) is 0 Å². The Kier molecular flexibility index (Phi) is 8.14. The van der Waals surface area contributed by atoms with Gasteiger partial charge in [-0.15, -0.1) is 22.7 Å². The number of unbranched alkanes of at least 4 members (excludes halogenated alkanes) is 5.